The highest BCUT2D eigenvalue weighted by Gasteiger charge is 2.35. The van der Waals surface area contributed by atoms with Crippen molar-refractivity contribution in [1.82, 2.24) is 14.8 Å². The summed E-state index contributed by atoms with van der Waals surface area (Å²) >= 11 is 3.34. The van der Waals surface area contributed by atoms with E-state index in [1.807, 2.05) is 31.2 Å². The molecular weight excluding hydrogens is 419 g/mol. The number of aryl methyl sites for hydroxylation is 1. The Hall–Kier alpha value is -2.67. The maximum absolute atomic E-state index is 13.3. The van der Waals surface area contributed by atoms with Gasteiger partial charge in [0.2, 0.25) is 0 Å². The molecule has 136 valence electrons. The minimum absolute atomic E-state index is 0.331. The Labute approximate surface area is 161 Å². The summed E-state index contributed by atoms with van der Waals surface area (Å²) in [6.45, 7) is 1.90. The summed E-state index contributed by atoms with van der Waals surface area (Å²) in [6.07, 6.45) is -4.54. The summed E-state index contributed by atoms with van der Waals surface area (Å²) in [5, 5.41) is 4.77. The van der Waals surface area contributed by atoms with E-state index in [1.54, 1.807) is 30.3 Å². The van der Waals surface area contributed by atoms with Crippen molar-refractivity contribution in [2.75, 3.05) is 0 Å². The molecule has 2 aromatic heterocycles. The first-order valence-electron chi connectivity index (χ1n) is 8.13. The van der Waals surface area contributed by atoms with E-state index in [9.17, 15) is 13.2 Å². The van der Waals surface area contributed by atoms with Gasteiger partial charge in [-0.25, -0.2) is 9.67 Å². The summed E-state index contributed by atoms with van der Waals surface area (Å²) in [5.74, 6) is 0.347. The lowest BCUT2D eigenvalue weighted by Crippen LogP contribution is -2.08. The third kappa shape index (κ3) is 3.35. The van der Waals surface area contributed by atoms with E-state index < -0.39 is 11.9 Å². The second-order valence-corrected chi connectivity index (χ2v) is 7.06. The molecule has 2 heterocycles. The molecule has 0 N–H and O–H groups in total. The predicted molar refractivity (Wildman–Crippen MR) is 102 cm³/mol. The molecule has 0 amide bonds. The lowest BCUT2D eigenvalue weighted by molar-refractivity contribution is -0.141. The van der Waals surface area contributed by atoms with E-state index in [2.05, 4.69) is 26.0 Å². The van der Waals surface area contributed by atoms with Crippen LogP contribution in [0.5, 0.6) is 0 Å². The Morgan fingerprint density at radius 3 is 2.37 bits per heavy atom. The number of benzene rings is 2. The fraction of sp³-hybridized carbons (Fsp3) is 0.100. The highest BCUT2D eigenvalue weighted by molar-refractivity contribution is 9.10. The van der Waals surface area contributed by atoms with Crippen LogP contribution in [-0.2, 0) is 6.18 Å². The van der Waals surface area contributed by atoms with E-state index in [4.69, 9.17) is 0 Å². The maximum atomic E-state index is 13.3. The van der Waals surface area contributed by atoms with Crippen LogP contribution in [0.15, 0.2) is 65.1 Å². The molecule has 0 radical (unpaired) electrons. The lowest BCUT2D eigenvalue weighted by Gasteiger charge is -2.10. The molecule has 2 aromatic carbocycles. The Morgan fingerprint density at radius 2 is 1.67 bits per heavy atom. The number of rotatable bonds is 2. The van der Waals surface area contributed by atoms with Crippen LogP contribution >= 0.6 is 15.9 Å². The van der Waals surface area contributed by atoms with Crippen molar-refractivity contribution in [1.29, 1.82) is 0 Å². The number of hydrogen-bond acceptors (Lipinski definition) is 2. The van der Waals surface area contributed by atoms with Crippen molar-refractivity contribution >= 4 is 26.8 Å². The number of para-hydroxylation sites is 1. The largest absolute Gasteiger partial charge is 0.435 e. The molecule has 0 aliphatic carbocycles. The van der Waals surface area contributed by atoms with Gasteiger partial charge < -0.3 is 0 Å². The van der Waals surface area contributed by atoms with Crippen molar-refractivity contribution < 1.29 is 13.2 Å². The molecule has 0 aliphatic rings. The van der Waals surface area contributed by atoms with Gasteiger partial charge in [-0.1, -0.05) is 46.3 Å². The van der Waals surface area contributed by atoms with Crippen LogP contribution in [0.3, 0.4) is 0 Å². The number of pyridine rings is 1. The summed E-state index contributed by atoms with van der Waals surface area (Å²) in [7, 11) is 0. The monoisotopic (exact) mass is 431 g/mol. The highest BCUT2D eigenvalue weighted by Crippen LogP contribution is 2.34. The Balaban J connectivity index is 1.96. The zero-order valence-electron chi connectivity index (χ0n) is 14.1. The van der Waals surface area contributed by atoms with Crippen LogP contribution < -0.4 is 0 Å². The Morgan fingerprint density at radius 1 is 0.963 bits per heavy atom. The van der Waals surface area contributed by atoms with E-state index in [1.165, 1.54) is 4.68 Å². The van der Waals surface area contributed by atoms with Crippen molar-refractivity contribution in [3.63, 3.8) is 0 Å². The smallest absolute Gasteiger partial charge is 0.229 e. The van der Waals surface area contributed by atoms with Gasteiger partial charge in [0.15, 0.2) is 11.5 Å². The van der Waals surface area contributed by atoms with Gasteiger partial charge in [0.1, 0.15) is 0 Å². The molecule has 0 unspecified atom stereocenters. The van der Waals surface area contributed by atoms with Crippen molar-refractivity contribution in [3.05, 3.63) is 76.4 Å². The van der Waals surface area contributed by atoms with Gasteiger partial charge in [-0.15, -0.1) is 0 Å². The number of fused-ring (bicyclic) bond motifs is 1. The van der Waals surface area contributed by atoms with Crippen LogP contribution in [0, 0.1) is 6.92 Å². The zero-order chi connectivity index (χ0) is 19.2. The third-order valence-electron chi connectivity index (χ3n) is 4.27. The SMILES string of the molecule is Cc1cc(-n2nc(C(F)(F)F)cc2-c2ccc(Br)cc2)nc2ccccc12. The number of nitrogens with zero attached hydrogens (tertiary/aromatic N) is 3. The van der Waals surface area contributed by atoms with Crippen molar-refractivity contribution in [2.45, 2.75) is 13.1 Å². The average molecular weight is 432 g/mol. The van der Waals surface area contributed by atoms with Crippen LogP contribution in [0.2, 0.25) is 0 Å². The van der Waals surface area contributed by atoms with Gasteiger partial charge in [-0.3, -0.25) is 0 Å². The Bertz CT molecular complexity index is 1130. The number of halogens is 4. The number of alkyl halides is 3. The fourth-order valence-corrected chi connectivity index (χ4v) is 3.23. The summed E-state index contributed by atoms with van der Waals surface area (Å²) < 4.78 is 42.0. The van der Waals surface area contributed by atoms with Crippen LogP contribution in [-0.4, -0.2) is 14.8 Å². The van der Waals surface area contributed by atoms with E-state index in [0.717, 1.165) is 21.5 Å². The first-order valence-corrected chi connectivity index (χ1v) is 8.92. The molecule has 0 atom stereocenters. The molecule has 0 bridgehead atoms. The first kappa shape index (κ1) is 17.7. The predicted octanol–water partition coefficient (Wildman–Crippen LogP) is 6.18. The van der Waals surface area contributed by atoms with Gasteiger partial charge in [0.05, 0.1) is 11.2 Å². The Kier molecular flexibility index (Phi) is 4.26. The summed E-state index contributed by atoms with van der Waals surface area (Å²) in [4.78, 5) is 4.53. The van der Waals surface area contributed by atoms with Gasteiger partial charge in [0.25, 0.3) is 0 Å². The molecule has 27 heavy (non-hydrogen) atoms. The van der Waals surface area contributed by atoms with Crippen LogP contribution in [0.25, 0.3) is 28.0 Å². The van der Waals surface area contributed by atoms with Crippen molar-refractivity contribution in [3.8, 4) is 17.1 Å². The molecular formula is C20H13BrF3N3. The quantitative estimate of drug-likeness (QED) is 0.379. The van der Waals surface area contributed by atoms with Gasteiger partial charge >= 0.3 is 6.18 Å². The van der Waals surface area contributed by atoms with E-state index in [-0.39, 0.29) is 0 Å². The minimum Gasteiger partial charge on any atom is -0.229 e. The molecule has 7 heteroatoms. The molecule has 0 fully saturated rings. The molecule has 4 rings (SSSR count). The minimum atomic E-state index is -4.54. The number of aromatic nitrogens is 3. The molecule has 3 nitrogen and oxygen atoms in total. The van der Waals surface area contributed by atoms with Crippen molar-refractivity contribution in [2.24, 2.45) is 0 Å². The second kappa shape index (κ2) is 6.49. The molecule has 0 spiro atoms. The molecule has 0 saturated carbocycles. The first-order chi connectivity index (χ1) is 12.8. The average Bonchev–Trinajstić information content (AvgIpc) is 3.08. The highest BCUT2D eigenvalue weighted by atomic mass is 79.9. The second-order valence-electron chi connectivity index (χ2n) is 6.15. The molecule has 4 aromatic rings. The lowest BCUT2D eigenvalue weighted by atomic mass is 10.1. The number of hydrogen-bond donors (Lipinski definition) is 0. The van der Waals surface area contributed by atoms with Gasteiger partial charge in [0, 0.05) is 15.4 Å². The standard InChI is InChI=1S/C20H13BrF3N3/c1-12-10-19(25-16-5-3-2-4-15(12)16)27-17(11-18(26-27)20(22,23)24)13-6-8-14(21)9-7-13/h2-11H,1H3. The van der Waals surface area contributed by atoms with Crippen LogP contribution in [0.1, 0.15) is 11.3 Å². The topological polar surface area (TPSA) is 30.7 Å². The van der Waals surface area contributed by atoms with Gasteiger partial charge in [-0.2, -0.15) is 18.3 Å². The van der Waals surface area contributed by atoms with E-state index in [0.29, 0.717) is 22.6 Å². The molecule has 0 saturated heterocycles. The summed E-state index contributed by atoms with van der Waals surface area (Å²) in [5.41, 5.74) is 1.62. The normalized spacial score (nSPS) is 11.9. The third-order valence-corrected chi connectivity index (χ3v) is 4.79. The van der Waals surface area contributed by atoms with Crippen LogP contribution in [0.4, 0.5) is 13.2 Å². The fourth-order valence-electron chi connectivity index (χ4n) is 2.96. The zero-order valence-corrected chi connectivity index (χ0v) is 15.7. The summed E-state index contributed by atoms with van der Waals surface area (Å²) in [6, 6.07) is 17.3. The van der Waals surface area contributed by atoms with Gasteiger partial charge in [-0.05, 0) is 42.8 Å². The van der Waals surface area contributed by atoms with E-state index >= 15 is 0 Å². The maximum Gasteiger partial charge on any atom is 0.435 e. The molecule has 0 aliphatic heterocycles.